The molecular weight excluding hydrogens is 647 g/mol. The van der Waals surface area contributed by atoms with Crippen molar-refractivity contribution in [3.8, 4) is 22.4 Å². The van der Waals surface area contributed by atoms with Gasteiger partial charge in [0.05, 0.1) is 16.6 Å². The number of aromatic nitrogens is 3. The van der Waals surface area contributed by atoms with Crippen LogP contribution in [0.25, 0.3) is 71.7 Å². The van der Waals surface area contributed by atoms with Crippen molar-refractivity contribution in [2.24, 2.45) is 5.92 Å². The Morgan fingerprint density at radius 1 is 0.604 bits per heavy atom. The molecule has 0 amide bonds. The van der Waals surface area contributed by atoms with Crippen LogP contribution >= 0.6 is 0 Å². The van der Waals surface area contributed by atoms with E-state index in [2.05, 4.69) is 139 Å². The number of furan rings is 1. The quantitative estimate of drug-likeness (QED) is 0.174. The highest BCUT2D eigenvalue weighted by atomic mass is 16.3. The zero-order chi connectivity index (χ0) is 35.1. The Balaban J connectivity index is 1.08. The zero-order valence-corrected chi connectivity index (χ0v) is 29.1. The smallest absolute Gasteiger partial charge is 0.145 e. The second-order valence-electron chi connectivity index (χ2n) is 13.9. The van der Waals surface area contributed by atoms with Gasteiger partial charge in [-0.2, -0.15) is 0 Å². The highest BCUT2D eigenvalue weighted by molar-refractivity contribution is 6.23. The Morgan fingerprint density at radius 3 is 2.30 bits per heavy atom. The van der Waals surface area contributed by atoms with Crippen molar-refractivity contribution >= 4 is 49.3 Å². The molecule has 4 heterocycles. The average molecular weight is 682 g/mol. The van der Waals surface area contributed by atoms with Crippen LogP contribution in [0.3, 0.4) is 0 Å². The fraction of sp³-hybridized carbons (Fsp3) is 0.0816. The normalized spacial score (nSPS) is 20.3. The molecule has 53 heavy (non-hydrogen) atoms. The first-order valence-electron chi connectivity index (χ1n) is 18.3. The second-order valence-corrected chi connectivity index (χ2v) is 13.9. The topological polar surface area (TPSA) is 51.8 Å². The summed E-state index contributed by atoms with van der Waals surface area (Å²) in [5.74, 6) is 0.373. The van der Waals surface area contributed by atoms with Crippen LogP contribution in [0.5, 0.6) is 0 Å². The van der Waals surface area contributed by atoms with Crippen LogP contribution in [0.1, 0.15) is 24.8 Å². The van der Waals surface area contributed by atoms with Gasteiger partial charge in [-0.3, -0.25) is 9.97 Å². The second kappa shape index (κ2) is 13.2. The molecule has 1 atom stereocenters. The summed E-state index contributed by atoms with van der Waals surface area (Å²) in [6.07, 6.45) is 35.1. The number of hydrogen-bond acceptors (Lipinski definition) is 4. The van der Waals surface area contributed by atoms with Crippen molar-refractivity contribution in [3.05, 3.63) is 193 Å². The van der Waals surface area contributed by atoms with Crippen LogP contribution in [0.4, 0.5) is 0 Å². The Bertz CT molecular complexity index is 2840. The van der Waals surface area contributed by atoms with E-state index in [1.807, 2.05) is 30.6 Å². The molecule has 0 N–H and O–H groups in total. The highest BCUT2D eigenvalue weighted by Gasteiger charge is 2.21. The first-order chi connectivity index (χ1) is 26.3. The number of fused-ring (bicyclic) bond motifs is 8. The maximum atomic E-state index is 6.60. The molecular formula is C49H35N3O. The monoisotopic (exact) mass is 681 g/mol. The van der Waals surface area contributed by atoms with Gasteiger partial charge in [-0.25, -0.2) is 4.98 Å². The van der Waals surface area contributed by atoms with Gasteiger partial charge in [0.15, 0.2) is 0 Å². The van der Waals surface area contributed by atoms with Gasteiger partial charge in [0.1, 0.15) is 16.7 Å². The largest absolute Gasteiger partial charge is 0.455 e. The number of pyridine rings is 3. The van der Waals surface area contributed by atoms with Crippen LogP contribution < -0.4 is 0 Å². The fourth-order valence-corrected chi connectivity index (χ4v) is 8.00. The summed E-state index contributed by atoms with van der Waals surface area (Å²) >= 11 is 0. The van der Waals surface area contributed by atoms with Gasteiger partial charge >= 0.3 is 0 Å². The molecule has 0 radical (unpaired) electrons. The van der Waals surface area contributed by atoms with Gasteiger partial charge in [0.25, 0.3) is 0 Å². The lowest BCUT2D eigenvalue weighted by Crippen LogP contribution is -2.06. The minimum Gasteiger partial charge on any atom is -0.455 e. The van der Waals surface area contributed by atoms with E-state index in [1.165, 1.54) is 22.3 Å². The molecule has 10 rings (SSSR count). The van der Waals surface area contributed by atoms with Gasteiger partial charge in [-0.1, -0.05) is 128 Å². The molecule has 0 saturated carbocycles. The number of benzene rings is 3. The van der Waals surface area contributed by atoms with E-state index in [0.29, 0.717) is 5.92 Å². The summed E-state index contributed by atoms with van der Waals surface area (Å²) in [6, 6.07) is 27.5. The Hall–Kier alpha value is -6.65. The molecule has 4 nitrogen and oxygen atoms in total. The zero-order valence-electron chi connectivity index (χ0n) is 29.1. The SMILES string of the molecule is C1=C\C2=C/C=C\C=C/C=C(\C3=CC=C(c4cnc5c(c4)nc(-c4ccc(-c6cccnc6)cc4)c4ccc6c7ccccc7oc6c45)CC3)CC2C=C1. The molecule has 3 aliphatic carbocycles. The van der Waals surface area contributed by atoms with Crippen molar-refractivity contribution < 1.29 is 4.42 Å². The minimum atomic E-state index is 0.373. The summed E-state index contributed by atoms with van der Waals surface area (Å²) in [7, 11) is 0. The van der Waals surface area contributed by atoms with E-state index < -0.39 is 0 Å². The molecule has 0 bridgehead atoms. The molecule has 0 saturated heterocycles. The van der Waals surface area contributed by atoms with E-state index in [4.69, 9.17) is 14.4 Å². The van der Waals surface area contributed by atoms with Crippen LogP contribution in [0, 0.1) is 5.92 Å². The lowest BCUT2D eigenvalue weighted by atomic mass is 9.82. The van der Waals surface area contributed by atoms with Crippen molar-refractivity contribution in [2.75, 3.05) is 0 Å². The fourth-order valence-electron chi connectivity index (χ4n) is 8.00. The molecule has 0 spiro atoms. The highest BCUT2D eigenvalue weighted by Crippen LogP contribution is 2.41. The van der Waals surface area contributed by atoms with E-state index in [1.54, 1.807) is 6.20 Å². The molecule has 0 fully saturated rings. The number of rotatable bonds is 4. The minimum absolute atomic E-state index is 0.373. The maximum Gasteiger partial charge on any atom is 0.145 e. The summed E-state index contributed by atoms with van der Waals surface area (Å²) < 4.78 is 6.60. The summed E-state index contributed by atoms with van der Waals surface area (Å²) in [5.41, 5.74) is 14.1. The summed E-state index contributed by atoms with van der Waals surface area (Å²) in [4.78, 5) is 14.8. The average Bonchev–Trinajstić information content (AvgIpc) is 3.61. The van der Waals surface area contributed by atoms with E-state index in [-0.39, 0.29) is 0 Å². The van der Waals surface area contributed by atoms with Gasteiger partial charge in [0.2, 0.25) is 0 Å². The molecule has 4 aromatic heterocycles. The lowest BCUT2D eigenvalue weighted by Gasteiger charge is -2.23. The number of nitrogens with zero attached hydrogens (tertiary/aromatic N) is 3. The molecule has 4 heteroatoms. The third kappa shape index (κ3) is 5.69. The van der Waals surface area contributed by atoms with E-state index >= 15 is 0 Å². The molecule has 7 aromatic rings. The van der Waals surface area contributed by atoms with Gasteiger partial charge in [0, 0.05) is 46.2 Å². The predicted molar refractivity (Wildman–Crippen MR) is 219 cm³/mol. The van der Waals surface area contributed by atoms with E-state index in [9.17, 15) is 0 Å². The number of para-hydroxylation sites is 1. The summed E-state index contributed by atoms with van der Waals surface area (Å²) in [6.45, 7) is 0. The van der Waals surface area contributed by atoms with Crippen LogP contribution in [-0.2, 0) is 0 Å². The van der Waals surface area contributed by atoms with Crippen molar-refractivity contribution in [3.63, 3.8) is 0 Å². The lowest BCUT2D eigenvalue weighted by molar-refractivity contribution is 0.673. The van der Waals surface area contributed by atoms with Crippen LogP contribution in [-0.4, -0.2) is 15.0 Å². The Kier molecular flexibility index (Phi) is 7.72. The molecule has 0 aliphatic heterocycles. The molecule has 1 unspecified atom stereocenters. The van der Waals surface area contributed by atoms with Crippen LogP contribution in [0.15, 0.2) is 192 Å². The van der Waals surface area contributed by atoms with Gasteiger partial charge in [-0.05, 0) is 82.5 Å². The third-order valence-electron chi connectivity index (χ3n) is 10.8. The van der Waals surface area contributed by atoms with Crippen LogP contribution in [0.2, 0.25) is 0 Å². The third-order valence-corrected chi connectivity index (χ3v) is 10.8. The van der Waals surface area contributed by atoms with E-state index in [0.717, 1.165) is 91.0 Å². The predicted octanol–water partition coefficient (Wildman–Crippen LogP) is 12.6. The first-order valence-corrected chi connectivity index (χ1v) is 18.3. The standard InChI is InChI=1S/C49H35N3O/c1-2-4-12-38(28-37-13-6-5-11-32(37)10-3-1)33-17-19-35(20-18-33)40-29-44-48(51-31-40)46-43(26-25-42-41-15-7-8-16-45(41)53-49(42)46)47(52-44)36-23-21-34(22-24-36)39-14-9-27-50-30-39/h1-17,19,21-27,29-31,37H,18,20,28H2/b3-1-,4-2-,32-10+,38-12-. The maximum absolute atomic E-state index is 6.60. The molecule has 252 valence electrons. The van der Waals surface area contributed by atoms with Gasteiger partial charge in [-0.15, -0.1) is 0 Å². The molecule has 3 aromatic carbocycles. The molecule has 3 aliphatic rings. The number of allylic oxidation sites excluding steroid dienone is 16. The first kappa shape index (κ1) is 31.1. The Morgan fingerprint density at radius 2 is 1.43 bits per heavy atom. The van der Waals surface area contributed by atoms with Gasteiger partial charge < -0.3 is 4.42 Å². The Labute approximate surface area is 307 Å². The number of hydrogen-bond donors (Lipinski definition) is 0. The van der Waals surface area contributed by atoms with Crippen molar-refractivity contribution in [1.82, 2.24) is 15.0 Å². The van der Waals surface area contributed by atoms with Crippen molar-refractivity contribution in [2.45, 2.75) is 19.3 Å². The summed E-state index contributed by atoms with van der Waals surface area (Å²) in [5, 5.41) is 4.20. The van der Waals surface area contributed by atoms with Crippen molar-refractivity contribution in [1.29, 1.82) is 0 Å².